The van der Waals surface area contributed by atoms with Crippen LogP contribution in [0.1, 0.15) is 17.2 Å². The SMILES string of the molecule is Cc1c(F)cccc1[C@H](N)CO.Cl. The third kappa shape index (κ3) is 2.66. The lowest BCUT2D eigenvalue weighted by Gasteiger charge is -2.11. The number of nitrogens with two attached hydrogens (primary N) is 1. The van der Waals surface area contributed by atoms with Gasteiger partial charge in [-0.05, 0) is 24.1 Å². The van der Waals surface area contributed by atoms with Gasteiger partial charge in [-0.25, -0.2) is 4.39 Å². The van der Waals surface area contributed by atoms with E-state index >= 15 is 0 Å². The van der Waals surface area contributed by atoms with Crippen molar-refractivity contribution < 1.29 is 9.50 Å². The quantitative estimate of drug-likeness (QED) is 0.770. The second kappa shape index (κ2) is 5.17. The fourth-order valence-corrected chi connectivity index (χ4v) is 1.12. The molecule has 1 atom stereocenters. The zero-order valence-corrected chi connectivity index (χ0v) is 8.14. The van der Waals surface area contributed by atoms with Crippen LogP contribution < -0.4 is 5.73 Å². The maximum atomic E-state index is 12.9. The van der Waals surface area contributed by atoms with E-state index in [1.54, 1.807) is 19.1 Å². The first kappa shape index (κ1) is 12.4. The predicted molar refractivity (Wildman–Crippen MR) is 52.4 cm³/mol. The number of hydrogen-bond donors (Lipinski definition) is 2. The van der Waals surface area contributed by atoms with Gasteiger partial charge in [-0.15, -0.1) is 12.4 Å². The minimum absolute atomic E-state index is 0. The largest absolute Gasteiger partial charge is 0.394 e. The van der Waals surface area contributed by atoms with Crippen LogP contribution in [0.4, 0.5) is 4.39 Å². The third-order valence-corrected chi connectivity index (χ3v) is 1.91. The van der Waals surface area contributed by atoms with Crippen molar-refractivity contribution in [3.05, 3.63) is 35.1 Å². The first-order valence-corrected chi connectivity index (χ1v) is 3.78. The molecule has 0 aliphatic heterocycles. The van der Waals surface area contributed by atoms with Crippen molar-refractivity contribution in [2.45, 2.75) is 13.0 Å². The summed E-state index contributed by atoms with van der Waals surface area (Å²) in [4.78, 5) is 0. The summed E-state index contributed by atoms with van der Waals surface area (Å²) in [5, 5.41) is 8.76. The molecule has 13 heavy (non-hydrogen) atoms. The molecule has 0 unspecified atom stereocenters. The lowest BCUT2D eigenvalue weighted by Crippen LogP contribution is -2.16. The van der Waals surface area contributed by atoms with Gasteiger partial charge in [0.25, 0.3) is 0 Å². The third-order valence-electron chi connectivity index (χ3n) is 1.91. The molecule has 0 bridgehead atoms. The van der Waals surface area contributed by atoms with Crippen LogP contribution in [-0.2, 0) is 0 Å². The van der Waals surface area contributed by atoms with Crippen molar-refractivity contribution in [3.8, 4) is 0 Å². The Hall–Kier alpha value is -0.640. The first-order chi connectivity index (χ1) is 5.66. The maximum Gasteiger partial charge on any atom is 0.126 e. The standard InChI is InChI=1S/C9H12FNO.ClH/c1-6-7(9(11)5-12)3-2-4-8(6)10;/h2-4,9,12H,5,11H2,1H3;1H/t9-;/m1./s1. The Kier molecular flexibility index (Phi) is 4.91. The highest BCUT2D eigenvalue weighted by Crippen LogP contribution is 2.17. The van der Waals surface area contributed by atoms with Gasteiger partial charge in [0.15, 0.2) is 0 Å². The molecule has 1 aromatic rings. The van der Waals surface area contributed by atoms with Gasteiger partial charge in [-0.2, -0.15) is 0 Å². The highest BCUT2D eigenvalue weighted by atomic mass is 35.5. The van der Waals surface area contributed by atoms with Crippen molar-refractivity contribution in [1.82, 2.24) is 0 Å². The number of rotatable bonds is 2. The average molecular weight is 206 g/mol. The van der Waals surface area contributed by atoms with Crippen molar-refractivity contribution in [3.63, 3.8) is 0 Å². The summed E-state index contributed by atoms with van der Waals surface area (Å²) in [7, 11) is 0. The molecule has 4 heteroatoms. The molecule has 3 N–H and O–H groups in total. The zero-order chi connectivity index (χ0) is 9.14. The summed E-state index contributed by atoms with van der Waals surface area (Å²) in [6.07, 6.45) is 0. The van der Waals surface area contributed by atoms with Crippen LogP contribution >= 0.6 is 12.4 Å². The van der Waals surface area contributed by atoms with Gasteiger partial charge in [0.05, 0.1) is 12.6 Å². The molecule has 0 aromatic heterocycles. The summed E-state index contributed by atoms with van der Waals surface area (Å²) in [5.74, 6) is -0.281. The lowest BCUT2D eigenvalue weighted by molar-refractivity contribution is 0.267. The second-order valence-electron chi connectivity index (χ2n) is 2.74. The van der Waals surface area contributed by atoms with Gasteiger partial charge >= 0.3 is 0 Å². The molecule has 0 aliphatic rings. The Morgan fingerprint density at radius 3 is 2.69 bits per heavy atom. The topological polar surface area (TPSA) is 46.2 Å². The van der Waals surface area contributed by atoms with E-state index in [0.717, 1.165) is 0 Å². The maximum absolute atomic E-state index is 12.9. The fourth-order valence-electron chi connectivity index (χ4n) is 1.12. The molecular weight excluding hydrogens is 193 g/mol. The summed E-state index contributed by atoms with van der Waals surface area (Å²) in [5.41, 5.74) is 6.72. The Labute approximate surface area is 83.0 Å². The molecule has 0 fully saturated rings. The Morgan fingerprint density at radius 1 is 1.54 bits per heavy atom. The highest BCUT2D eigenvalue weighted by Gasteiger charge is 2.09. The Balaban J connectivity index is 0.00000144. The minimum Gasteiger partial charge on any atom is -0.394 e. The molecule has 0 saturated carbocycles. The summed E-state index contributed by atoms with van der Waals surface area (Å²) in [6, 6.07) is 4.20. The smallest absolute Gasteiger partial charge is 0.126 e. The van der Waals surface area contributed by atoms with Gasteiger partial charge in [-0.1, -0.05) is 12.1 Å². The van der Waals surface area contributed by atoms with E-state index < -0.39 is 6.04 Å². The number of benzene rings is 1. The molecule has 0 radical (unpaired) electrons. The van der Waals surface area contributed by atoms with Gasteiger partial charge in [-0.3, -0.25) is 0 Å². The number of aliphatic hydroxyl groups excluding tert-OH is 1. The molecule has 1 aromatic carbocycles. The molecule has 1 rings (SSSR count). The van der Waals surface area contributed by atoms with Crippen molar-refractivity contribution in [2.75, 3.05) is 6.61 Å². The van der Waals surface area contributed by atoms with Crippen molar-refractivity contribution >= 4 is 12.4 Å². The van der Waals surface area contributed by atoms with E-state index in [4.69, 9.17) is 10.8 Å². The van der Waals surface area contributed by atoms with E-state index in [0.29, 0.717) is 11.1 Å². The van der Waals surface area contributed by atoms with Gasteiger partial charge in [0.2, 0.25) is 0 Å². The molecule has 74 valence electrons. The highest BCUT2D eigenvalue weighted by molar-refractivity contribution is 5.85. The number of aliphatic hydroxyl groups is 1. The van der Waals surface area contributed by atoms with Crippen molar-refractivity contribution in [2.24, 2.45) is 5.73 Å². The van der Waals surface area contributed by atoms with Crippen LogP contribution in [-0.4, -0.2) is 11.7 Å². The van der Waals surface area contributed by atoms with Crippen LogP contribution in [0.3, 0.4) is 0 Å². The zero-order valence-electron chi connectivity index (χ0n) is 7.33. The van der Waals surface area contributed by atoms with Crippen LogP contribution in [0.15, 0.2) is 18.2 Å². The van der Waals surface area contributed by atoms with E-state index in [-0.39, 0.29) is 24.8 Å². The molecule has 0 saturated heterocycles. The van der Waals surface area contributed by atoms with E-state index in [2.05, 4.69) is 0 Å². The first-order valence-electron chi connectivity index (χ1n) is 3.78. The normalized spacial score (nSPS) is 12.0. The molecular formula is C9H13ClFNO. The van der Waals surface area contributed by atoms with Crippen LogP contribution in [0.25, 0.3) is 0 Å². The van der Waals surface area contributed by atoms with E-state index in [9.17, 15) is 4.39 Å². The van der Waals surface area contributed by atoms with E-state index in [1.165, 1.54) is 6.07 Å². The number of hydrogen-bond acceptors (Lipinski definition) is 2. The van der Waals surface area contributed by atoms with Crippen LogP contribution in [0.5, 0.6) is 0 Å². The molecule has 0 aliphatic carbocycles. The van der Waals surface area contributed by atoms with Crippen LogP contribution in [0, 0.1) is 12.7 Å². The van der Waals surface area contributed by atoms with Gasteiger partial charge in [0, 0.05) is 0 Å². The van der Waals surface area contributed by atoms with Crippen LogP contribution in [0.2, 0.25) is 0 Å². The Bertz CT molecular complexity index is 280. The second-order valence-corrected chi connectivity index (χ2v) is 2.74. The predicted octanol–water partition coefficient (Wildman–Crippen LogP) is 1.55. The molecule has 0 heterocycles. The van der Waals surface area contributed by atoms with Gasteiger partial charge in [0.1, 0.15) is 5.82 Å². The molecule has 2 nitrogen and oxygen atoms in total. The van der Waals surface area contributed by atoms with E-state index in [1.807, 2.05) is 0 Å². The summed E-state index contributed by atoms with van der Waals surface area (Å²) >= 11 is 0. The molecule has 0 spiro atoms. The molecule has 0 amide bonds. The Morgan fingerprint density at radius 2 is 2.15 bits per heavy atom. The fraction of sp³-hybridized carbons (Fsp3) is 0.333. The van der Waals surface area contributed by atoms with Gasteiger partial charge < -0.3 is 10.8 Å². The monoisotopic (exact) mass is 205 g/mol. The van der Waals surface area contributed by atoms with Crippen molar-refractivity contribution in [1.29, 1.82) is 0 Å². The summed E-state index contributed by atoms with van der Waals surface area (Å²) < 4.78 is 12.9. The minimum atomic E-state index is -0.485. The lowest BCUT2D eigenvalue weighted by atomic mass is 10.0. The number of halogens is 2. The average Bonchev–Trinajstić information content (AvgIpc) is 2.08. The summed E-state index contributed by atoms with van der Waals surface area (Å²) in [6.45, 7) is 1.49.